The van der Waals surface area contributed by atoms with E-state index < -0.39 is 0 Å². The number of para-hydroxylation sites is 2. The van der Waals surface area contributed by atoms with Crippen LogP contribution in [0.5, 0.6) is 0 Å². The average Bonchev–Trinajstić information content (AvgIpc) is 3.10. The third-order valence-electron chi connectivity index (χ3n) is 4.22. The van der Waals surface area contributed by atoms with Crippen LogP contribution < -0.4 is 5.32 Å². The number of imidazole rings is 1. The van der Waals surface area contributed by atoms with Gasteiger partial charge in [-0.2, -0.15) is 0 Å². The van der Waals surface area contributed by atoms with Crippen molar-refractivity contribution >= 4 is 22.8 Å². The third-order valence-corrected chi connectivity index (χ3v) is 4.22. The molecule has 2 heterocycles. The SMILES string of the molecule is O=C1NC(=O)c2c(CCCn3cnc4ccccc43)cccc21. The third kappa shape index (κ3) is 2.30. The van der Waals surface area contributed by atoms with Crippen LogP contribution in [0.1, 0.15) is 32.7 Å². The molecule has 0 atom stereocenters. The predicted molar refractivity (Wildman–Crippen MR) is 86.3 cm³/mol. The van der Waals surface area contributed by atoms with Crippen LogP contribution in [0.25, 0.3) is 11.0 Å². The van der Waals surface area contributed by atoms with Crippen LogP contribution >= 0.6 is 0 Å². The summed E-state index contributed by atoms with van der Waals surface area (Å²) in [5.74, 6) is -0.582. The quantitative estimate of drug-likeness (QED) is 0.753. The molecule has 0 saturated heterocycles. The van der Waals surface area contributed by atoms with E-state index in [0.29, 0.717) is 11.1 Å². The Morgan fingerprint density at radius 1 is 1.00 bits per heavy atom. The van der Waals surface area contributed by atoms with E-state index in [-0.39, 0.29) is 11.8 Å². The molecule has 0 saturated carbocycles. The summed E-state index contributed by atoms with van der Waals surface area (Å²) in [5, 5.41) is 2.36. The zero-order valence-corrected chi connectivity index (χ0v) is 12.5. The summed E-state index contributed by atoms with van der Waals surface area (Å²) < 4.78 is 2.11. The first-order valence-corrected chi connectivity index (χ1v) is 7.61. The molecule has 0 radical (unpaired) electrons. The number of imide groups is 1. The minimum atomic E-state index is -0.299. The van der Waals surface area contributed by atoms with Crippen LogP contribution in [0.2, 0.25) is 0 Å². The number of carbonyl (C=O) groups is 2. The van der Waals surface area contributed by atoms with E-state index >= 15 is 0 Å². The number of amides is 2. The van der Waals surface area contributed by atoms with Crippen molar-refractivity contribution in [3.05, 3.63) is 65.5 Å². The number of aryl methyl sites for hydroxylation is 2. The largest absolute Gasteiger partial charge is 0.331 e. The van der Waals surface area contributed by atoms with Crippen LogP contribution in [-0.4, -0.2) is 21.4 Å². The topological polar surface area (TPSA) is 64.0 Å². The Morgan fingerprint density at radius 2 is 1.87 bits per heavy atom. The molecule has 114 valence electrons. The standard InChI is InChI=1S/C18H15N3O2/c22-17-13-7-3-5-12(16(13)18(23)20-17)6-4-10-21-11-19-14-8-1-2-9-15(14)21/h1-3,5,7-9,11H,4,6,10H2,(H,20,22,23). The molecule has 0 aliphatic carbocycles. The molecule has 5 heteroatoms. The highest BCUT2D eigenvalue weighted by Crippen LogP contribution is 2.21. The van der Waals surface area contributed by atoms with Gasteiger partial charge in [0.2, 0.25) is 0 Å². The Kier molecular flexibility index (Phi) is 3.19. The normalized spacial score (nSPS) is 13.4. The van der Waals surface area contributed by atoms with Crippen LogP contribution in [0.4, 0.5) is 0 Å². The van der Waals surface area contributed by atoms with E-state index in [0.717, 1.165) is 36.0 Å². The number of hydrogen-bond acceptors (Lipinski definition) is 3. The summed E-state index contributed by atoms with van der Waals surface area (Å²) in [5.41, 5.74) is 4.04. The molecule has 5 nitrogen and oxygen atoms in total. The van der Waals surface area contributed by atoms with E-state index in [1.165, 1.54) is 0 Å². The van der Waals surface area contributed by atoms with Crippen LogP contribution in [0.15, 0.2) is 48.8 Å². The lowest BCUT2D eigenvalue weighted by atomic mass is 9.99. The van der Waals surface area contributed by atoms with E-state index in [1.807, 2.05) is 36.7 Å². The fourth-order valence-electron chi connectivity index (χ4n) is 3.13. The number of aromatic nitrogens is 2. The van der Waals surface area contributed by atoms with Crippen LogP contribution in [-0.2, 0) is 13.0 Å². The first kappa shape index (κ1) is 13.7. The molecular weight excluding hydrogens is 290 g/mol. The lowest BCUT2D eigenvalue weighted by Crippen LogP contribution is -2.20. The predicted octanol–water partition coefficient (Wildman–Crippen LogP) is 2.55. The first-order valence-electron chi connectivity index (χ1n) is 7.61. The Bertz CT molecular complexity index is 927. The van der Waals surface area contributed by atoms with Crippen molar-refractivity contribution in [3.8, 4) is 0 Å². The molecule has 0 spiro atoms. The van der Waals surface area contributed by atoms with E-state index in [2.05, 4.69) is 20.9 Å². The molecule has 2 aromatic carbocycles. The van der Waals surface area contributed by atoms with E-state index in [1.54, 1.807) is 6.07 Å². The maximum absolute atomic E-state index is 11.9. The minimum absolute atomic E-state index is 0.284. The van der Waals surface area contributed by atoms with Crippen LogP contribution in [0.3, 0.4) is 0 Å². The highest BCUT2D eigenvalue weighted by Gasteiger charge is 2.28. The number of hydrogen-bond donors (Lipinski definition) is 1. The summed E-state index contributed by atoms with van der Waals surface area (Å²) in [6.07, 6.45) is 3.46. The number of rotatable bonds is 4. The summed E-state index contributed by atoms with van der Waals surface area (Å²) >= 11 is 0. The van der Waals surface area contributed by atoms with Gasteiger partial charge in [0.25, 0.3) is 11.8 Å². The summed E-state index contributed by atoms with van der Waals surface area (Å²) in [7, 11) is 0. The monoisotopic (exact) mass is 305 g/mol. The highest BCUT2D eigenvalue weighted by atomic mass is 16.2. The molecule has 4 rings (SSSR count). The summed E-state index contributed by atoms with van der Waals surface area (Å²) in [4.78, 5) is 28.0. The van der Waals surface area contributed by atoms with Crippen molar-refractivity contribution < 1.29 is 9.59 Å². The number of carbonyl (C=O) groups excluding carboxylic acids is 2. The molecule has 1 aliphatic rings. The molecule has 23 heavy (non-hydrogen) atoms. The highest BCUT2D eigenvalue weighted by molar-refractivity contribution is 6.22. The smallest absolute Gasteiger partial charge is 0.259 e. The van der Waals surface area contributed by atoms with Crippen molar-refractivity contribution in [2.75, 3.05) is 0 Å². The molecule has 0 bridgehead atoms. The Morgan fingerprint density at radius 3 is 2.78 bits per heavy atom. The second kappa shape index (κ2) is 5.35. The molecule has 2 amide bonds. The second-order valence-corrected chi connectivity index (χ2v) is 5.65. The number of nitrogens with zero attached hydrogens (tertiary/aromatic N) is 2. The zero-order valence-electron chi connectivity index (χ0n) is 12.5. The van der Waals surface area contributed by atoms with Gasteiger partial charge in [0, 0.05) is 6.54 Å². The number of fused-ring (bicyclic) bond motifs is 2. The molecule has 3 aromatic rings. The Labute approximate surface area is 133 Å². The van der Waals surface area contributed by atoms with Crippen molar-refractivity contribution in [3.63, 3.8) is 0 Å². The van der Waals surface area contributed by atoms with Gasteiger partial charge < -0.3 is 4.57 Å². The number of benzene rings is 2. The summed E-state index contributed by atoms with van der Waals surface area (Å²) in [6, 6.07) is 13.5. The first-order chi connectivity index (χ1) is 11.2. The fraction of sp³-hybridized carbons (Fsp3) is 0.167. The fourth-order valence-corrected chi connectivity index (χ4v) is 3.13. The lowest BCUT2D eigenvalue weighted by Gasteiger charge is -2.07. The van der Waals surface area contributed by atoms with Gasteiger partial charge in [-0.25, -0.2) is 4.98 Å². The van der Waals surface area contributed by atoms with Gasteiger partial charge in [0.1, 0.15) is 0 Å². The van der Waals surface area contributed by atoms with Gasteiger partial charge >= 0.3 is 0 Å². The maximum Gasteiger partial charge on any atom is 0.259 e. The van der Waals surface area contributed by atoms with Gasteiger partial charge in [-0.15, -0.1) is 0 Å². The van der Waals surface area contributed by atoms with Gasteiger partial charge in [-0.05, 0) is 36.6 Å². The Hall–Kier alpha value is -2.95. The maximum atomic E-state index is 11.9. The van der Waals surface area contributed by atoms with Crippen molar-refractivity contribution in [1.82, 2.24) is 14.9 Å². The van der Waals surface area contributed by atoms with Gasteiger partial charge in [-0.1, -0.05) is 24.3 Å². The number of nitrogens with one attached hydrogen (secondary N) is 1. The van der Waals surface area contributed by atoms with Crippen molar-refractivity contribution in [2.45, 2.75) is 19.4 Å². The molecule has 1 aromatic heterocycles. The van der Waals surface area contributed by atoms with Gasteiger partial charge in [0.05, 0.1) is 28.5 Å². The zero-order chi connectivity index (χ0) is 15.8. The molecule has 1 aliphatic heterocycles. The minimum Gasteiger partial charge on any atom is -0.331 e. The second-order valence-electron chi connectivity index (χ2n) is 5.65. The van der Waals surface area contributed by atoms with Gasteiger partial charge in [-0.3, -0.25) is 14.9 Å². The lowest BCUT2D eigenvalue weighted by molar-refractivity contribution is 0.0879. The summed E-state index contributed by atoms with van der Waals surface area (Å²) in [6.45, 7) is 0.819. The molecule has 0 fully saturated rings. The molecular formula is C18H15N3O2. The van der Waals surface area contributed by atoms with Crippen molar-refractivity contribution in [2.24, 2.45) is 0 Å². The van der Waals surface area contributed by atoms with Gasteiger partial charge in [0.15, 0.2) is 0 Å². The molecule has 1 N–H and O–H groups in total. The molecule has 0 unspecified atom stereocenters. The average molecular weight is 305 g/mol. The Balaban J connectivity index is 1.53. The van der Waals surface area contributed by atoms with Crippen molar-refractivity contribution in [1.29, 1.82) is 0 Å². The van der Waals surface area contributed by atoms with Crippen LogP contribution in [0, 0.1) is 0 Å². The van der Waals surface area contributed by atoms with E-state index in [4.69, 9.17) is 0 Å². The van der Waals surface area contributed by atoms with E-state index in [9.17, 15) is 9.59 Å².